The lowest BCUT2D eigenvalue weighted by molar-refractivity contribution is -0.0366. The summed E-state index contributed by atoms with van der Waals surface area (Å²) in [5.74, 6) is 0. The molecule has 0 aliphatic heterocycles. The Morgan fingerprint density at radius 2 is 1.69 bits per heavy atom. The molecule has 2 nitrogen and oxygen atoms in total. The van der Waals surface area contributed by atoms with E-state index in [1.54, 1.807) is 0 Å². The second-order valence-electron chi connectivity index (χ2n) is 6.24. The highest BCUT2D eigenvalue weighted by atomic mass is 16.5. The molecule has 1 unspecified atom stereocenters. The first-order chi connectivity index (χ1) is 7.23. The number of nitrogens with two attached hydrogens (primary N) is 1. The van der Waals surface area contributed by atoms with Crippen molar-refractivity contribution in [1.29, 1.82) is 0 Å². The fourth-order valence-corrected chi connectivity index (χ4v) is 2.58. The van der Waals surface area contributed by atoms with Crippen molar-refractivity contribution in [3.8, 4) is 0 Å². The third kappa shape index (κ3) is 6.49. The van der Waals surface area contributed by atoms with Gasteiger partial charge >= 0.3 is 0 Å². The lowest BCUT2D eigenvalue weighted by Gasteiger charge is -2.38. The monoisotopic (exact) mass is 229 g/mol. The molecule has 98 valence electrons. The second kappa shape index (κ2) is 6.61. The highest BCUT2D eigenvalue weighted by Crippen LogP contribution is 2.34. The molecular formula is C14H31NO. The van der Waals surface area contributed by atoms with Gasteiger partial charge in [0.1, 0.15) is 0 Å². The summed E-state index contributed by atoms with van der Waals surface area (Å²) >= 11 is 0. The number of hydrogen-bond donors (Lipinski definition) is 1. The molecular weight excluding hydrogens is 198 g/mol. The maximum atomic E-state index is 6.13. The summed E-state index contributed by atoms with van der Waals surface area (Å²) in [4.78, 5) is 0. The molecule has 2 N–H and O–H groups in total. The Kier molecular flexibility index (Phi) is 6.57. The lowest BCUT2D eigenvalue weighted by atomic mass is 9.75. The predicted molar refractivity (Wildman–Crippen MR) is 71.6 cm³/mol. The van der Waals surface area contributed by atoms with Crippen molar-refractivity contribution >= 4 is 0 Å². The van der Waals surface area contributed by atoms with E-state index in [9.17, 15) is 0 Å². The van der Waals surface area contributed by atoms with Gasteiger partial charge in [0, 0.05) is 12.1 Å². The van der Waals surface area contributed by atoms with E-state index in [1.807, 2.05) is 0 Å². The van der Waals surface area contributed by atoms with E-state index in [0.717, 1.165) is 19.4 Å². The van der Waals surface area contributed by atoms with Crippen LogP contribution in [0.2, 0.25) is 0 Å². The van der Waals surface area contributed by atoms with Gasteiger partial charge < -0.3 is 10.5 Å². The van der Waals surface area contributed by atoms with Gasteiger partial charge in [-0.25, -0.2) is 0 Å². The van der Waals surface area contributed by atoms with Crippen LogP contribution in [0.15, 0.2) is 0 Å². The predicted octanol–water partition coefficient (Wildman–Crippen LogP) is 3.74. The summed E-state index contributed by atoms with van der Waals surface area (Å²) in [6, 6.07) is 0. The van der Waals surface area contributed by atoms with Crippen molar-refractivity contribution in [2.45, 2.75) is 78.9 Å². The minimum absolute atomic E-state index is 0.120. The first-order valence-electron chi connectivity index (χ1n) is 6.63. The standard InChI is InChI=1S/C14H31NO/c1-7-9-10-12(16-8-2)13(3,4)11-14(5,6)15/h12H,7-11,15H2,1-6H3. The Hall–Kier alpha value is -0.0800. The van der Waals surface area contributed by atoms with Crippen LogP contribution in [-0.2, 0) is 4.74 Å². The van der Waals surface area contributed by atoms with Gasteiger partial charge in [-0.05, 0) is 39.0 Å². The first kappa shape index (κ1) is 15.9. The quantitative estimate of drug-likeness (QED) is 0.688. The smallest absolute Gasteiger partial charge is 0.0626 e. The minimum Gasteiger partial charge on any atom is -0.378 e. The molecule has 0 amide bonds. The van der Waals surface area contributed by atoms with Gasteiger partial charge in [0.15, 0.2) is 0 Å². The van der Waals surface area contributed by atoms with Gasteiger partial charge in [-0.2, -0.15) is 0 Å². The third-order valence-electron chi connectivity index (χ3n) is 2.97. The van der Waals surface area contributed by atoms with E-state index in [2.05, 4.69) is 41.5 Å². The minimum atomic E-state index is -0.120. The molecule has 16 heavy (non-hydrogen) atoms. The summed E-state index contributed by atoms with van der Waals surface area (Å²) in [5, 5.41) is 0. The van der Waals surface area contributed by atoms with Crippen LogP contribution in [-0.4, -0.2) is 18.2 Å². The number of unbranched alkanes of at least 4 members (excludes halogenated alkanes) is 1. The molecule has 0 fully saturated rings. The SMILES string of the molecule is CCCCC(OCC)C(C)(C)CC(C)(C)N. The van der Waals surface area contributed by atoms with Crippen LogP contribution in [0, 0.1) is 5.41 Å². The molecule has 0 aliphatic rings. The fourth-order valence-electron chi connectivity index (χ4n) is 2.58. The van der Waals surface area contributed by atoms with Crippen molar-refractivity contribution in [3.05, 3.63) is 0 Å². The number of rotatable bonds is 8. The Bertz CT molecular complexity index is 182. The van der Waals surface area contributed by atoms with Gasteiger partial charge in [-0.1, -0.05) is 33.6 Å². The zero-order chi connectivity index (χ0) is 12.8. The first-order valence-corrected chi connectivity index (χ1v) is 6.63. The number of hydrogen-bond acceptors (Lipinski definition) is 2. The largest absolute Gasteiger partial charge is 0.378 e. The normalized spacial score (nSPS) is 15.2. The Labute approximate surface area is 102 Å². The second-order valence-corrected chi connectivity index (χ2v) is 6.24. The summed E-state index contributed by atoms with van der Waals surface area (Å²) in [7, 11) is 0. The maximum Gasteiger partial charge on any atom is 0.0626 e. The fraction of sp³-hybridized carbons (Fsp3) is 1.00. The zero-order valence-corrected chi connectivity index (χ0v) is 12.1. The highest BCUT2D eigenvalue weighted by Gasteiger charge is 2.33. The zero-order valence-electron chi connectivity index (χ0n) is 12.1. The Morgan fingerprint density at radius 3 is 2.06 bits per heavy atom. The molecule has 0 radical (unpaired) electrons. The third-order valence-corrected chi connectivity index (χ3v) is 2.97. The molecule has 0 spiro atoms. The van der Waals surface area contributed by atoms with Gasteiger partial charge in [0.05, 0.1) is 6.10 Å². The summed E-state index contributed by atoms with van der Waals surface area (Å²) < 4.78 is 5.90. The van der Waals surface area contributed by atoms with Crippen molar-refractivity contribution in [1.82, 2.24) is 0 Å². The Balaban J connectivity index is 4.47. The molecule has 0 aromatic rings. The summed E-state index contributed by atoms with van der Waals surface area (Å²) in [5.41, 5.74) is 6.16. The Morgan fingerprint density at radius 1 is 1.12 bits per heavy atom. The summed E-state index contributed by atoms with van der Waals surface area (Å²) in [6.07, 6.45) is 4.94. The van der Waals surface area contributed by atoms with E-state index in [0.29, 0.717) is 6.10 Å². The van der Waals surface area contributed by atoms with E-state index in [1.165, 1.54) is 12.8 Å². The molecule has 2 heteroatoms. The molecule has 0 rings (SSSR count). The van der Waals surface area contributed by atoms with Crippen LogP contribution >= 0.6 is 0 Å². The molecule has 0 bridgehead atoms. The average Bonchev–Trinajstić information content (AvgIpc) is 2.07. The van der Waals surface area contributed by atoms with Crippen molar-refractivity contribution in [3.63, 3.8) is 0 Å². The molecule has 0 aromatic heterocycles. The molecule has 0 saturated heterocycles. The number of ether oxygens (including phenoxy) is 1. The van der Waals surface area contributed by atoms with Crippen LogP contribution in [0.4, 0.5) is 0 Å². The molecule has 0 aliphatic carbocycles. The maximum absolute atomic E-state index is 6.13. The van der Waals surface area contributed by atoms with E-state index < -0.39 is 0 Å². The van der Waals surface area contributed by atoms with E-state index in [4.69, 9.17) is 10.5 Å². The average molecular weight is 229 g/mol. The van der Waals surface area contributed by atoms with Crippen LogP contribution in [0.3, 0.4) is 0 Å². The van der Waals surface area contributed by atoms with Crippen LogP contribution in [0.25, 0.3) is 0 Å². The van der Waals surface area contributed by atoms with E-state index >= 15 is 0 Å². The lowest BCUT2D eigenvalue weighted by Crippen LogP contribution is -2.43. The highest BCUT2D eigenvalue weighted by molar-refractivity contribution is 4.87. The van der Waals surface area contributed by atoms with E-state index in [-0.39, 0.29) is 11.0 Å². The van der Waals surface area contributed by atoms with Crippen molar-refractivity contribution in [2.24, 2.45) is 11.1 Å². The van der Waals surface area contributed by atoms with Gasteiger partial charge in [-0.3, -0.25) is 0 Å². The molecule has 0 heterocycles. The molecule has 0 aromatic carbocycles. The molecule has 1 atom stereocenters. The van der Waals surface area contributed by atoms with Gasteiger partial charge in [0.25, 0.3) is 0 Å². The van der Waals surface area contributed by atoms with Crippen molar-refractivity contribution in [2.75, 3.05) is 6.61 Å². The van der Waals surface area contributed by atoms with Crippen LogP contribution in [0.1, 0.15) is 67.2 Å². The summed E-state index contributed by atoms with van der Waals surface area (Å²) in [6.45, 7) is 13.8. The van der Waals surface area contributed by atoms with Crippen LogP contribution < -0.4 is 5.73 Å². The molecule has 0 saturated carbocycles. The van der Waals surface area contributed by atoms with Crippen LogP contribution in [0.5, 0.6) is 0 Å². The van der Waals surface area contributed by atoms with Gasteiger partial charge in [-0.15, -0.1) is 0 Å². The van der Waals surface area contributed by atoms with Crippen molar-refractivity contribution < 1.29 is 4.74 Å². The topological polar surface area (TPSA) is 35.2 Å². The van der Waals surface area contributed by atoms with Gasteiger partial charge in [0.2, 0.25) is 0 Å².